The van der Waals surface area contributed by atoms with Crippen molar-refractivity contribution in [1.29, 1.82) is 0 Å². The molecule has 0 bridgehead atoms. The van der Waals surface area contributed by atoms with E-state index in [1.54, 1.807) is 6.20 Å². The van der Waals surface area contributed by atoms with Crippen molar-refractivity contribution in [2.75, 3.05) is 5.73 Å². The second-order valence-corrected chi connectivity index (χ2v) is 4.39. The van der Waals surface area contributed by atoms with Gasteiger partial charge in [0.05, 0.1) is 11.9 Å². The van der Waals surface area contributed by atoms with E-state index in [2.05, 4.69) is 25.9 Å². The molecule has 0 amide bonds. The fraction of sp³-hybridized carbons (Fsp3) is 0. The van der Waals surface area contributed by atoms with Crippen LogP contribution >= 0.6 is 15.9 Å². The van der Waals surface area contributed by atoms with Crippen LogP contribution in [0, 0.1) is 0 Å². The molecule has 0 unspecified atom stereocenters. The molecule has 80 valence electrons. The summed E-state index contributed by atoms with van der Waals surface area (Å²) >= 11 is 3.43. The molecule has 0 saturated carbocycles. The summed E-state index contributed by atoms with van der Waals surface area (Å²) in [6, 6.07) is 8.20. The van der Waals surface area contributed by atoms with Crippen molar-refractivity contribution in [3.63, 3.8) is 0 Å². The SMILES string of the molecule is Nc1ncc(-c2cc3cc(Br)ccc3[nH]2)o1. The van der Waals surface area contributed by atoms with E-state index in [1.165, 1.54) is 0 Å². The minimum absolute atomic E-state index is 0.176. The first-order valence-electron chi connectivity index (χ1n) is 4.72. The number of halogens is 1. The Kier molecular flexibility index (Phi) is 2.00. The van der Waals surface area contributed by atoms with E-state index in [9.17, 15) is 0 Å². The third-order valence-electron chi connectivity index (χ3n) is 2.37. The number of aromatic nitrogens is 2. The fourth-order valence-electron chi connectivity index (χ4n) is 1.65. The van der Waals surface area contributed by atoms with Crippen molar-refractivity contribution < 1.29 is 4.42 Å². The van der Waals surface area contributed by atoms with E-state index in [1.807, 2.05) is 24.3 Å². The average molecular weight is 278 g/mol. The quantitative estimate of drug-likeness (QED) is 0.718. The molecular formula is C11H8BrN3O. The van der Waals surface area contributed by atoms with Gasteiger partial charge in [-0.3, -0.25) is 0 Å². The van der Waals surface area contributed by atoms with Crippen molar-refractivity contribution in [3.8, 4) is 11.5 Å². The van der Waals surface area contributed by atoms with Gasteiger partial charge in [0.15, 0.2) is 5.76 Å². The Balaban J connectivity index is 2.18. The molecule has 0 radical (unpaired) electrons. The Morgan fingerprint density at radius 3 is 2.94 bits per heavy atom. The van der Waals surface area contributed by atoms with Crippen LogP contribution in [0.2, 0.25) is 0 Å². The van der Waals surface area contributed by atoms with Gasteiger partial charge in [-0.25, -0.2) is 4.98 Å². The number of H-pyrrole nitrogens is 1. The van der Waals surface area contributed by atoms with Crippen LogP contribution in [-0.4, -0.2) is 9.97 Å². The van der Waals surface area contributed by atoms with Crippen LogP contribution in [0.15, 0.2) is 39.4 Å². The minimum atomic E-state index is 0.176. The number of nitrogens with zero attached hydrogens (tertiary/aromatic N) is 1. The van der Waals surface area contributed by atoms with Crippen LogP contribution in [-0.2, 0) is 0 Å². The number of aromatic amines is 1. The standard InChI is InChI=1S/C11H8BrN3O/c12-7-1-2-8-6(3-7)4-9(15-8)10-5-14-11(13)16-10/h1-5,15H,(H2,13,14). The lowest BCUT2D eigenvalue weighted by atomic mass is 10.2. The molecule has 1 aromatic carbocycles. The second-order valence-electron chi connectivity index (χ2n) is 3.48. The lowest BCUT2D eigenvalue weighted by molar-refractivity contribution is 0.593. The van der Waals surface area contributed by atoms with Gasteiger partial charge in [0, 0.05) is 15.4 Å². The van der Waals surface area contributed by atoms with Crippen molar-refractivity contribution in [3.05, 3.63) is 34.9 Å². The highest BCUT2D eigenvalue weighted by Crippen LogP contribution is 2.27. The Morgan fingerprint density at radius 2 is 2.19 bits per heavy atom. The van der Waals surface area contributed by atoms with Gasteiger partial charge in [-0.1, -0.05) is 15.9 Å². The highest BCUT2D eigenvalue weighted by molar-refractivity contribution is 9.10. The smallest absolute Gasteiger partial charge is 0.292 e. The van der Waals surface area contributed by atoms with Crippen molar-refractivity contribution in [2.24, 2.45) is 0 Å². The normalized spacial score (nSPS) is 11.1. The first kappa shape index (κ1) is 9.47. The minimum Gasteiger partial charge on any atom is -0.422 e. The van der Waals surface area contributed by atoms with Crippen molar-refractivity contribution in [2.45, 2.75) is 0 Å². The van der Waals surface area contributed by atoms with Gasteiger partial charge in [-0.15, -0.1) is 0 Å². The summed E-state index contributed by atoms with van der Waals surface area (Å²) in [5, 5.41) is 1.11. The summed E-state index contributed by atoms with van der Waals surface area (Å²) in [7, 11) is 0. The second kappa shape index (κ2) is 3.38. The molecule has 0 aliphatic heterocycles. The molecular weight excluding hydrogens is 270 g/mol. The Morgan fingerprint density at radius 1 is 1.31 bits per heavy atom. The molecule has 2 aromatic heterocycles. The Labute approximate surface area is 99.6 Å². The Bertz CT molecular complexity index is 656. The van der Waals surface area contributed by atoms with Crippen LogP contribution in [0.3, 0.4) is 0 Å². The predicted molar refractivity (Wildman–Crippen MR) is 65.9 cm³/mol. The lowest BCUT2D eigenvalue weighted by Gasteiger charge is -1.89. The number of benzene rings is 1. The van der Waals surface area contributed by atoms with E-state index in [0.717, 1.165) is 21.1 Å². The molecule has 0 atom stereocenters. The van der Waals surface area contributed by atoms with Gasteiger partial charge in [-0.2, -0.15) is 0 Å². The molecule has 3 N–H and O–H groups in total. The molecule has 0 fully saturated rings. The number of fused-ring (bicyclic) bond motifs is 1. The maximum absolute atomic E-state index is 5.44. The molecule has 0 aliphatic carbocycles. The van der Waals surface area contributed by atoms with E-state index in [4.69, 9.17) is 10.2 Å². The number of nitrogens with one attached hydrogen (secondary N) is 1. The molecule has 0 spiro atoms. The molecule has 0 saturated heterocycles. The molecule has 5 heteroatoms. The van der Waals surface area contributed by atoms with E-state index < -0.39 is 0 Å². The highest BCUT2D eigenvalue weighted by atomic mass is 79.9. The van der Waals surface area contributed by atoms with Crippen LogP contribution < -0.4 is 5.73 Å². The van der Waals surface area contributed by atoms with Gasteiger partial charge >= 0.3 is 0 Å². The number of nitrogens with two attached hydrogens (primary N) is 1. The van der Waals surface area contributed by atoms with Crippen LogP contribution in [0.1, 0.15) is 0 Å². The number of rotatable bonds is 1. The summed E-state index contributed by atoms with van der Waals surface area (Å²) in [5.41, 5.74) is 7.36. The molecule has 16 heavy (non-hydrogen) atoms. The highest BCUT2D eigenvalue weighted by Gasteiger charge is 2.07. The zero-order chi connectivity index (χ0) is 11.1. The first-order valence-corrected chi connectivity index (χ1v) is 5.51. The molecule has 3 rings (SSSR count). The Hall–Kier alpha value is -1.75. The number of hydrogen-bond donors (Lipinski definition) is 2. The number of hydrogen-bond acceptors (Lipinski definition) is 3. The molecule has 4 nitrogen and oxygen atoms in total. The zero-order valence-corrected chi connectivity index (χ0v) is 9.78. The zero-order valence-electron chi connectivity index (χ0n) is 8.20. The van der Waals surface area contributed by atoms with Gasteiger partial charge in [-0.05, 0) is 24.3 Å². The van der Waals surface area contributed by atoms with E-state index in [0.29, 0.717) is 5.76 Å². The number of nitrogen functional groups attached to an aromatic ring is 1. The van der Waals surface area contributed by atoms with Gasteiger partial charge in [0.2, 0.25) is 0 Å². The summed E-state index contributed by atoms with van der Waals surface area (Å²) in [6.45, 7) is 0. The first-order chi connectivity index (χ1) is 7.72. The third kappa shape index (κ3) is 1.49. The third-order valence-corrected chi connectivity index (χ3v) is 2.87. The summed E-state index contributed by atoms with van der Waals surface area (Å²) < 4.78 is 6.30. The number of anilines is 1. The van der Waals surface area contributed by atoms with Gasteiger partial charge < -0.3 is 15.1 Å². The largest absolute Gasteiger partial charge is 0.422 e. The van der Waals surface area contributed by atoms with Crippen LogP contribution in [0.5, 0.6) is 0 Å². The molecule has 3 aromatic rings. The molecule has 2 heterocycles. The number of oxazole rings is 1. The van der Waals surface area contributed by atoms with Crippen molar-refractivity contribution in [1.82, 2.24) is 9.97 Å². The lowest BCUT2D eigenvalue weighted by Crippen LogP contribution is -1.79. The van der Waals surface area contributed by atoms with Crippen LogP contribution in [0.4, 0.5) is 6.01 Å². The summed E-state index contributed by atoms with van der Waals surface area (Å²) in [6.07, 6.45) is 1.61. The van der Waals surface area contributed by atoms with Gasteiger partial charge in [0.1, 0.15) is 0 Å². The fourth-order valence-corrected chi connectivity index (χ4v) is 2.03. The van der Waals surface area contributed by atoms with Crippen LogP contribution in [0.25, 0.3) is 22.4 Å². The summed E-state index contributed by atoms with van der Waals surface area (Å²) in [5.74, 6) is 0.643. The van der Waals surface area contributed by atoms with E-state index in [-0.39, 0.29) is 6.01 Å². The monoisotopic (exact) mass is 277 g/mol. The maximum Gasteiger partial charge on any atom is 0.292 e. The average Bonchev–Trinajstić information content (AvgIpc) is 2.83. The maximum atomic E-state index is 5.44. The topological polar surface area (TPSA) is 67.8 Å². The van der Waals surface area contributed by atoms with Gasteiger partial charge in [0.25, 0.3) is 6.01 Å². The van der Waals surface area contributed by atoms with E-state index >= 15 is 0 Å². The molecule has 0 aliphatic rings. The van der Waals surface area contributed by atoms with Crippen molar-refractivity contribution >= 4 is 32.8 Å². The predicted octanol–water partition coefficient (Wildman–Crippen LogP) is 3.17. The summed E-state index contributed by atoms with van der Waals surface area (Å²) in [4.78, 5) is 7.10.